The van der Waals surface area contributed by atoms with Gasteiger partial charge in [0.05, 0.1) is 7.11 Å². The number of aryl methyl sites for hydroxylation is 2. The topological polar surface area (TPSA) is 84.9 Å². The van der Waals surface area contributed by atoms with Crippen LogP contribution in [0.5, 0.6) is 11.5 Å². The minimum atomic E-state index is -1.02. The van der Waals surface area contributed by atoms with E-state index in [4.69, 9.17) is 9.47 Å². The van der Waals surface area contributed by atoms with Crippen LogP contribution < -0.4 is 10.1 Å². The van der Waals surface area contributed by atoms with Crippen molar-refractivity contribution in [2.45, 2.75) is 26.9 Å². The minimum Gasteiger partial charge on any atom is -0.507 e. The first-order chi connectivity index (χ1) is 11.8. The highest BCUT2D eigenvalue weighted by Gasteiger charge is 2.21. The maximum Gasteiger partial charge on any atom is 0.342 e. The third-order valence-electron chi connectivity index (χ3n) is 3.73. The molecule has 25 heavy (non-hydrogen) atoms. The second kappa shape index (κ2) is 7.70. The number of esters is 1. The highest BCUT2D eigenvalue weighted by atomic mass is 16.5. The van der Waals surface area contributed by atoms with Gasteiger partial charge in [-0.15, -0.1) is 0 Å². The van der Waals surface area contributed by atoms with Crippen molar-refractivity contribution in [1.82, 2.24) is 0 Å². The Hall–Kier alpha value is -3.02. The summed E-state index contributed by atoms with van der Waals surface area (Å²) in [7, 11) is 1.45. The van der Waals surface area contributed by atoms with Gasteiger partial charge in [-0.2, -0.15) is 0 Å². The van der Waals surface area contributed by atoms with E-state index in [-0.39, 0.29) is 11.3 Å². The summed E-state index contributed by atoms with van der Waals surface area (Å²) in [5.74, 6) is -1.10. The molecule has 2 aromatic rings. The van der Waals surface area contributed by atoms with E-state index < -0.39 is 18.0 Å². The highest BCUT2D eigenvalue weighted by molar-refractivity contribution is 5.98. The molecule has 6 nitrogen and oxygen atoms in total. The maximum absolute atomic E-state index is 12.3. The van der Waals surface area contributed by atoms with Crippen molar-refractivity contribution in [2.75, 3.05) is 12.4 Å². The highest BCUT2D eigenvalue weighted by Crippen LogP contribution is 2.24. The minimum absolute atomic E-state index is 0.0350. The monoisotopic (exact) mass is 343 g/mol. The van der Waals surface area contributed by atoms with Crippen molar-refractivity contribution in [3.8, 4) is 11.5 Å². The van der Waals surface area contributed by atoms with Gasteiger partial charge in [-0.25, -0.2) is 4.79 Å². The lowest BCUT2D eigenvalue weighted by molar-refractivity contribution is -0.123. The molecule has 2 aromatic carbocycles. The number of phenols is 1. The van der Waals surface area contributed by atoms with Crippen LogP contribution >= 0.6 is 0 Å². The molecule has 0 heterocycles. The number of methoxy groups -OCH3 is 1. The van der Waals surface area contributed by atoms with Gasteiger partial charge in [0.15, 0.2) is 6.10 Å². The third-order valence-corrected chi connectivity index (χ3v) is 3.73. The molecule has 0 radical (unpaired) electrons. The van der Waals surface area contributed by atoms with Gasteiger partial charge in [0.1, 0.15) is 17.1 Å². The molecule has 6 heteroatoms. The van der Waals surface area contributed by atoms with Gasteiger partial charge in [-0.1, -0.05) is 12.1 Å². The van der Waals surface area contributed by atoms with E-state index in [1.807, 2.05) is 32.0 Å². The SMILES string of the molecule is COc1ccc(C(=O)O[C@H](C)C(=O)Nc2cc(C)ccc2C)c(O)c1. The second-order valence-corrected chi connectivity index (χ2v) is 5.74. The molecule has 1 amide bonds. The van der Waals surface area contributed by atoms with E-state index >= 15 is 0 Å². The van der Waals surface area contributed by atoms with E-state index in [0.29, 0.717) is 11.4 Å². The fraction of sp³-hybridized carbons (Fsp3) is 0.263. The van der Waals surface area contributed by atoms with E-state index in [2.05, 4.69) is 5.32 Å². The van der Waals surface area contributed by atoms with Crippen LogP contribution in [-0.2, 0) is 9.53 Å². The first kappa shape index (κ1) is 18.3. The number of ether oxygens (including phenoxy) is 2. The number of hydrogen-bond acceptors (Lipinski definition) is 5. The number of carbonyl (C=O) groups is 2. The number of aromatic hydroxyl groups is 1. The Morgan fingerprint density at radius 1 is 1.12 bits per heavy atom. The van der Waals surface area contributed by atoms with Crippen LogP contribution in [0, 0.1) is 13.8 Å². The van der Waals surface area contributed by atoms with Crippen molar-refractivity contribution >= 4 is 17.6 Å². The zero-order valence-electron chi connectivity index (χ0n) is 14.6. The standard InChI is InChI=1S/C19H21NO5/c1-11-5-6-12(2)16(9-11)20-18(22)13(3)25-19(23)15-8-7-14(24-4)10-17(15)21/h5-10,13,21H,1-4H3,(H,20,22)/t13-/m1/s1. The van der Waals surface area contributed by atoms with Crippen molar-refractivity contribution in [2.24, 2.45) is 0 Å². The largest absolute Gasteiger partial charge is 0.507 e. The molecule has 132 valence electrons. The van der Waals surface area contributed by atoms with Crippen molar-refractivity contribution in [1.29, 1.82) is 0 Å². The molecule has 0 aliphatic heterocycles. The molecule has 0 unspecified atom stereocenters. The average Bonchev–Trinajstić information content (AvgIpc) is 2.57. The Balaban J connectivity index is 2.05. The van der Waals surface area contributed by atoms with E-state index in [1.54, 1.807) is 0 Å². The average molecular weight is 343 g/mol. The first-order valence-electron chi connectivity index (χ1n) is 7.78. The Labute approximate surface area is 146 Å². The number of phenolic OH excluding ortho intramolecular Hbond substituents is 1. The van der Waals surface area contributed by atoms with Crippen LogP contribution in [0.4, 0.5) is 5.69 Å². The lowest BCUT2D eigenvalue weighted by Gasteiger charge is -2.15. The van der Waals surface area contributed by atoms with Crippen molar-refractivity contribution in [3.05, 3.63) is 53.1 Å². The molecule has 2 N–H and O–H groups in total. The Morgan fingerprint density at radius 3 is 2.48 bits per heavy atom. The molecule has 0 aromatic heterocycles. The zero-order chi connectivity index (χ0) is 18.6. The summed E-state index contributed by atoms with van der Waals surface area (Å²) in [6.07, 6.45) is -1.02. The van der Waals surface area contributed by atoms with Crippen LogP contribution in [-0.4, -0.2) is 30.2 Å². The Bertz CT molecular complexity index is 800. The van der Waals surface area contributed by atoms with Crippen LogP contribution in [0.1, 0.15) is 28.4 Å². The zero-order valence-corrected chi connectivity index (χ0v) is 14.6. The van der Waals surface area contributed by atoms with Gasteiger partial charge in [0, 0.05) is 11.8 Å². The van der Waals surface area contributed by atoms with E-state index in [9.17, 15) is 14.7 Å². The number of carbonyl (C=O) groups excluding carboxylic acids is 2. The number of amides is 1. The maximum atomic E-state index is 12.3. The fourth-order valence-electron chi connectivity index (χ4n) is 2.19. The number of nitrogens with one attached hydrogen (secondary N) is 1. The molecule has 2 rings (SSSR count). The smallest absolute Gasteiger partial charge is 0.342 e. The quantitative estimate of drug-likeness (QED) is 0.815. The molecular weight excluding hydrogens is 322 g/mol. The summed E-state index contributed by atoms with van der Waals surface area (Å²) < 4.78 is 10.1. The molecule has 1 atom stereocenters. The van der Waals surface area contributed by atoms with Gasteiger partial charge < -0.3 is 19.9 Å². The Kier molecular flexibility index (Phi) is 5.64. The molecule has 0 fully saturated rings. The third kappa shape index (κ3) is 4.50. The summed E-state index contributed by atoms with van der Waals surface area (Å²) in [4.78, 5) is 24.4. The van der Waals surface area contributed by atoms with Gasteiger partial charge in [0.2, 0.25) is 0 Å². The molecule has 0 aliphatic carbocycles. The van der Waals surface area contributed by atoms with Crippen molar-refractivity contribution in [3.63, 3.8) is 0 Å². The Morgan fingerprint density at radius 2 is 1.84 bits per heavy atom. The normalized spacial score (nSPS) is 11.5. The van der Waals surface area contributed by atoms with Crippen LogP contribution in [0.3, 0.4) is 0 Å². The molecule has 0 saturated heterocycles. The van der Waals surface area contributed by atoms with Gasteiger partial charge in [-0.05, 0) is 50.1 Å². The van der Waals surface area contributed by atoms with Gasteiger partial charge >= 0.3 is 5.97 Å². The fourth-order valence-corrected chi connectivity index (χ4v) is 2.19. The molecule has 0 bridgehead atoms. The number of rotatable bonds is 5. The summed E-state index contributed by atoms with van der Waals surface area (Å²) in [6.45, 7) is 5.27. The van der Waals surface area contributed by atoms with Crippen LogP contribution in [0.15, 0.2) is 36.4 Å². The summed E-state index contributed by atoms with van der Waals surface area (Å²) in [5.41, 5.74) is 2.55. The van der Waals surface area contributed by atoms with Crippen molar-refractivity contribution < 1.29 is 24.2 Å². The molecule has 0 saturated carbocycles. The number of benzene rings is 2. The van der Waals surface area contributed by atoms with Gasteiger partial charge in [0.25, 0.3) is 5.91 Å². The predicted octanol–water partition coefficient (Wildman–Crippen LogP) is 3.20. The second-order valence-electron chi connectivity index (χ2n) is 5.74. The summed E-state index contributed by atoms with van der Waals surface area (Å²) in [6, 6.07) is 9.90. The van der Waals surface area contributed by atoms with E-state index in [0.717, 1.165) is 11.1 Å². The van der Waals surface area contributed by atoms with E-state index in [1.165, 1.54) is 32.2 Å². The summed E-state index contributed by atoms with van der Waals surface area (Å²) >= 11 is 0. The lowest BCUT2D eigenvalue weighted by atomic mass is 10.1. The van der Waals surface area contributed by atoms with Gasteiger partial charge in [-0.3, -0.25) is 4.79 Å². The first-order valence-corrected chi connectivity index (χ1v) is 7.78. The van der Waals surface area contributed by atoms with Crippen LogP contribution in [0.25, 0.3) is 0 Å². The number of anilines is 1. The summed E-state index contributed by atoms with van der Waals surface area (Å²) in [5, 5.41) is 12.6. The number of hydrogen-bond donors (Lipinski definition) is 2. The molecular formula is C19H21NO5. The molecule has 0 spiro atoms. The molecule has 0 aliphatic rings. The lowest BCUT2D eigenvalue weighted by Crippen LogP contribution is -2.30. The van der Waals surface area contributed by atoms with Crippen LogP contribution in [0.2, 0.25) is 0 Å². The predicted molar refractivity (Wildman–Crippen MR) is 94.1 cm³/mol.